The molecule has 0 aromatic heterocycles. The predicted molar refractivity (Wildman–Crippen MR) is 93.9 cm³/mol. The van der Waals surface area contributed by atoms with Crippen LogP contribution in [0.1, 0.15) is 20.3 Å². The fourth-order valence-electron chi connectivity index (χ4n) is 3.47. The molecular weight excluding hydrogens is 306 g/mol. The number of nitrogens with one attached hydrogen (secondary N) is 1. The lowest BCUT2D eigenvalue weighted by atomic mass is 9.92. The second kappa shape index (κ2) is 7.64. The van der Waals surface area contributed by atoms with Gasteiger partial charge in [-0.25, -0.2) is 0 Å². The normalized spacial score (nSPS) is 23.3. The van der Waals surface area contributed by atoms with E-state index in [4.69, 9.17) is 14.2 Å². The van der Waals surface area contributed by atoms with Crippen LogP contribution in [-0.4, -0.2) is 50.9 Å². The van der Waals surface area contributed by atoms with Crippen LogP contribution in [0.15, 0.2) is 23.2 Å². The molecule has 6 nitrogen and oxygen atoms in total. The Labute approximate surface area is 143 Å². The first kappa shape index (κ1) is 16.7. The van der Waals surface area contributed by atoms with E-state index in [-0.39, 0.29) is 6.79 Å². The van der Waals surface area contributed by atoms with E-state index in [2.05, 4.69) is 29.1 Å². The summed E-state index contributed by atoms with van der Waals surface area (Å²) in [6.07, 6.45) is 1.29. The summed E-state index contributed by atoms with van der Waals surface area (Å²) >= 11 is 0. The molecule has 2 aliphatic heterocycles. The third kappa shape index (κ3) is 4.04. The first-order valence-corrected chi connectivity index (χ1v) is 8.63. The number of fused-ring (bicyclic) bond motifs is 1. The van der Waals surface area contributed by atoms with Gasteiger partial charge in [0.05, 0.1) is 6.54 Å². The summed E-state index contributed by atoms with van der Waals surface area (Å²) in [6.45, 7) is 8.29. The fraction of sp³-hybridized carbons (Fsp3) is 0.611. The molecule has 3 rings (SSSR count). The molecular formula is C18H27N3O3. The topological polar surface area (TPSA) is 55.3 Å². The summed E-state index contributed by atoms with van der Waals surface area (Å²) < 4.78 is 16.4. The zero-order chi connectivity index (χ0) is 16.9. The Balaban J connectivity index is 1.45. The Morgan fingerprint density at radius 1 is 1.25 bits per heavy atom. The average Bonchev–Trinajstić information content (AvgIpc) is 3.01. The van der Waals surface area contributed by atoms with Crippen LogP contribution in [0.3, 0.4) is 0 Å². The SMILES string of the molecule is CN=C(NCCOc1ccc2c(c1)OCO2)N1CC(C)CC(C)C1. The van der Waals surface area contributed by atoms with Gasteiger partial charge >= 0.3 is 0 Å². The first-order valence-electron chi connectivity index (χ1n) is 8.63. The van der Waals surface area contributed by atoms with Crippen LogP contribution in [0.5, 0.6) is 17.2 Å². The summed E-state index contributed by atoms with van der Waals surface area (Å²) in [5, 5.41) is 3.40. The summed E-state index contributed by atoms with van der Waals surface area (Å²) in [5.41, 5.74) is 0. The maximum absolute atomic E-state index is 5.78. The molecule has 0 amide bonds. The number of hydrogen-bond donors (Lipinski definition) is 1. The Morgan fingerprint density at radius 2 is 2.00 bits per heavy atom. The Morgan fingerprint density at radius 3 is 2.75 bits per heavy atom. The van der Waals surface area contributed by atoms with Crippen molar-refractivity contribution in [3.63, 3.8) is 0 Å². The molecule has 1 fully saturated rings. The van der Waals surface area contributed by atoms with Gasteiger partial charge in [-0.3, -0.25) is 4.99 Å². The maximum Gasteiger partial charge on any atom is 0.231 e. The van der Waals surface area contributed by atoms with Crippen molar-refractivity contribution in [2.24, 2.45) is 16.8 Å². The zero-order valence-corrected chi connectivity index (χ0v) is 14.7. The van der Waals surface area contributed by atoms with Crippen molar-refractivity contribution >= 4 is 5.96 Å². The minimum Gasteiger partial charge on any atom is -0.492 e. The lowest BCUT2D eigenvalue weighted by Crippen LogP contribution is -2.49. The summed E-state index contributed by atoms with van der Waals surface area (Å²) in [6, 6.07) is 5.64. The monoisotopic (exact) mass is 333 g/mol. The van der Waals surface area contributed by atoms with Gasteiger partial charge in [-0.1, -0.05) is 13.8 Å². The van der Waals surface area contributed by atoms with Crippen LogP contribution in [0.25, 0.3) is 0 Å². The predicted octanol–water partition coefficient (Wildman–Crippen LogP) is 2.35. The van der Waals surface area contributed by atoms with Gasteiger partial charge in [-0.15, -0.1) is 0 Å². The molecule has 2 atom stereocenters. The third-order valence-electron chi connectivity index (χ3n) is 4.38. The molecule has 0 spiro atoms. The molecule has 0 bridgehead atoms. The molecule has 1 saturated heterocycles. The number of hydrogen-bond acceptors (Lipinski definition) is 4. The highest BCUT2D eigenvalue weighted by atomic mass is 16.7. The largest absolute Gasteiger partial charge is 0.492 e. The Bertz CT molecular complexity index is 581. The van der Waals surface area contributed by atoms with Crippen LogP contribution >= 0.6 is 0 Å². The van der Waals surface area contributed by atoms with Gasteiger partial charge in [0.1, 0.15) is 12.4 Å². The van der Waals surface area contributed by atoms with Gasteiger partial charge in [-0.05, 0) is 30.4 Å². The number of aliphatic imine (C=N–C) groups is 1. The van der Waals surface area contributed by atoms with E-state index in [1.54, 1.807) is 0 Å². The van der Waals surface area contributed by atoms with Crippen molar-refractivity contribution in [1.29, 1.82) is 0 Å². The van der Waals surface area contributed by atoms with Crippen LogP contribution in [0.4, 0.5) is 0 Å². The summed E-state index contributed by atoms with van der Waals surface area (Å²) in [5.74, 6) is 4.68. The van der Waals surface area contributed by atoms with E-state index in [0.29, 0.717) is 25.0 Å². The molecule has 0 aliphatic carbocycles. The number of piperidine rings is 1. The zero-order valence-electron chi connectivity index (χ0n) is 14.7. The summed E-state index contributed by atoms with van der Waals surface area (Å²) in [7, 11) is 1.84. The lowest BCUT2D eigenvalue weighted by Gasteiger charge is -2.37. The van der Waals surface area contributed by atoms with Gasteiger partial charge in [0.2, 0.25) is 6.79 Å². The van der Waals surface area contributed by atoms with E-state index < -0.39 is 0 Å². The summed E-state index contributed by atoms with van der Waals surface area (Å²) in [4.78, 5) is 6.76. The van der Waals surface area contributed by atoms with Crippen LogP contribution < -0.4 is 19.5 Å². The maximum atomic E-state index is 5.78. The van der Waals surface area contributed by atoms with Crippen molar-refractivity contribution in [2.45, 2.75) is 20.3 Å². The molecule has 1 aromatic carbocycles. The van der Waals surface area contributed by atoms with Gasteiger partial charge < -0.3 is 24.4 Å². The molecule has 2 aliphatic rings. The van der Waals surface area contributed by atoms with E-state index in [1.165, 1.54) is 6.42 Å². The quantitative estimate of drug-likeness (QED) is 0.521. The van der Waals surface area contributed by atoms with Gasteiger partial charge in [0.25, 0.3) is 0 Å². The molecule has 6 heteroatoms. The van der Waals surface area contributed by atoms with Crippen molar-refractivity contribution in [3.05, 3.63) is 18.2 Å². The first-order chi connectivity index (χ1) is 11.7. The van der Waals surface area contributed by atoms with Crippen molar-refractivity contribution < 1.29 is 14.2 Å². The molecule has 2 heterocycles. The fourth-order valence-corrected chi connectivity index (χ4v) is 3.47. The number of guanidine groups is 1. The minimum atomic E-state index is 0.281. The minimum absolute atomic E-state index is 0.281. The number of rotatable bonds is 4. The Hall–Kier alpha value is -2.11. The van der Waals surface area contributed by atoms with E-state index in [0.717, 1.165) is 36.3 Å². The highest BCUT2D eigenvalue weighted by molar-refractivity contribution is 5.80. The van der Waals surface area contributed by atoms with Gasteiger partial charge in [0, 0.05) is 26.2 Å². The van der Waals surface area contributed by atoms with Gasteiger partial charge in [0.15, 0.2) is 17.5 Å². The van der Waals surface area contributed by atoms with Gasteiger partial charge in [-0.2, -0.15) is 0 Å². The van der Waals surface area contributed by atoms with Crippen LogP contribution in [0, 0.1) is 11.8 Å². The standard InChI is InChI=1S/C18H27N3O3/c1-13-8-14(2)11-21(10-13)18(19-3)20-6-7-22-15-4-5-16-17(9-15)24-12-23-16/h4-5,9,13-14H,6-8,10-12H2,1-3H3,(H,19,20). The second-order valence-electron chi connectivity index (χ2n) is 6.69. The number of likely N-dealkylation sites (tertiary alicyclic amines) is 1. The molecule has 24 heavy (non-hydrogen) atoms. The van der Waals surface area contributed by atoms with E-state index >= 15 is 0 Å². The van der Waals surface area contributed by atoms with Crippen molar-refractivity contribution in [1.82, 2.24) is 10.2 Å². The Kier molecular flexibility index (Phi) is 5.33. The second-order valence-corrected chi connectivity index (χ2v) is 6.69. The molecule has 1 aromatic rings. The number of nitrogens with zero attached hydrogens (tertiary/aromatic N) is 2. The molecule has 0 radical (unpaired) electrons. The molecule has 1 N–H and O–H groups in total. The van der Waals surface area contributed by atoms with Crippen molar-refractivity contribution in [3.8, 4) is 17.2 Å². The highest BCUT2D eigenvalue weighted by Gasteiger charge is 2.23. The van der Waals surface area contributed by atoms with Crippen molar-refractivity contribution in [2.75, 3.05) is 40.1 Å². The number of benzene rings is 1. The smallest absolute Gasteiger partial charge is 0.231 e. The lowest BCUT2D eigenvalue weighted by molar-refractivity contribution is 0.173. The molecule has 0 saturated carbocycles. The number of ether oxygens (including phenoxy) is 3. The van der Waals surface area contributed by atoms with E-state index in [9.17, 15) is 0 Å². The molecule has 132 valence electrons. The van der Waals surface area contributed by atoms with Crippen LogP contribution in [-0.2, 0) is 0 Å². The van der Waals surface area contributed by atoms with Crippen LogP contribution in [0.2, 0.25) is 0 Å². The third-order valence-corrected chi connectivity index (χ3v) is 4.38. The highest BCUT2D eigenvalue weighted by Crippen LogP contribution is 2.34. The average molecular weight is 333 g/mol. The molecule has 2 unspecified atom stereocenters. The van der Waals surface area contributed by atoms with E-state index in [1.807, 2.05) is 25.2 Å².